The van der Waals surface area contributed by atoms with Crippen LogP contribution in [0.2, 0.25) is 0 Å². The first kappa shape index (κ1) is 13.6. The standard InChI is InChI=1S/C17H20FN/c1-4-16(14-8-5-12(2)6-9-14)19-17-10-7-13(3)11-15(17)18/h5-11,16,19H,4H2,1-3H3. The molecule has 0 aliphatic rings. The number of rotatable bonds is 4. The van der Waals surface area contributed by atoms with Gasteiger partial charge in [0.2, 0.25) is 0 Å². The van der Waals surface area contributed by atoms with Crippen LogP contribution in [0.15, 0.2) is 42.5 Å². The molecular formula is C17H20FN. The van der Waals surface area contributed by atoms with Crippen molar-refractivity contribution in [2.75, 3.05) is 5.32 Å². The fourth-order valence-electron chi connectivity index (χ4n) is 2.14. The summed E-state index contributed by atoms with van der Waals surface area (Å²) in [5.74, 6) is -0.189. The molecule has 2 rings (SSSR count). The second kappa shape index (κ2) is 5.87. The molecule has 1 N–H and O–H groups in total. The Morgan fingerprint density at radius 2 is 1.63 bits per heavy atom. The molecular weight excluding hydrogens is 237 g/mol. The molecule has 0 saturated heterocycles. The van der Waals surface area contributed by atoms with E-state index < -0.39 is 0 Å². The third kappa shape index (κ3) is 3.34. The lowest BCUT2D eigenvalue weighted by molar-refractivity contribution is 0.622. The molecule has 0 amide bonds. The topological polar surface area (TPSA) is 12.0 Å². The Morgan fingerprint density at radius 3 is 2.21 bits per heavy atom. The van der Waals surface area contributed by atoms with Gasteiger partial charge < -0.3 is 5.32 Å². The van der Waals surface area contributed by atoms with Crippen LogP contribution in [0, 0.1) is 19.7 Å². The second-order valence-electron chi connectivity index (χ2n) is 5.00. The molecule has 0 heterocycles. The van der Waals surface area contributed by atoms with E-state index in [0.717, 1.165) is 12.0 Å². The molecule has 1 atom stereocenters. The minimum Gasteiger partial charge on any atom is -0.376 e. The maximum Gasteiger partial charge on any atom is 0.146 e. The average molecular weight is 257 g/mol. The van der Waals surface area contributed by atoms with Crippen LogP contribution >= 0.6 is 0 Å². The summed E-state index contributed by atoms with van der Waals surface area (Å²) >= 11 is 0. The van der Waals surface area contributed by atoms with E-state index in [-0.39, 0.29) is 11.9 Å². The van der Waals surface area contributed by atoms with E-state index in [1.807, 2.05) is 19.1 Å². The van der Waals surface area contributed by atoms with Crippen molar-refractivity contribution in [2.45, 2.75) is 33.2 Å². The zero-order valence-electron chi connectivity index (χ0n) is 11.7. The van der Waals surface area contributed by atoms with Crippen LogP contribution < -0.4 is 5.32 Å². The largest absolute Gasteiger partial charge is 0.376 e. The molecule has 0 saturated carbocycles. The monoisotopic (exact) mass is 257 g/mol. The third-order valence-corrected chi connectivity index (χ3v) is 3.34. The molecule has 0 radical (unpaired) electrons. The van der Waals surface area contributed by atoms with Gasteiger partial charge in [-0.1, -0.05) is 42.8 Å². The summed E-state index contributed by atoms with van der Waals surface area (Å²) < 4.78 is 13.9. The van der Waals surface area contributed by atoms with Crippen LogP contribution in [-0.4, -0.2) is 0 Å². The zero-order chi connectivity index (χ0) is 13.8. The maximum absolute atomic E-state index is 13.9. The molecule has 0 aromatic heterocycles. The number of nitrogens with one attached hydrogen (secondary N) is 1. The molecule has 19 heavy (non-hydrogen) atoms. The van der Waals surface area contributed by atoms with Crippen LogP contribution in [0.3, 0.4) is 0 Å². The summed E-state index contributed by atoms with van der Waals surface area (Å²) in [5.41, 5.74) is 3.93. The van der Waals surface area contributed by atoms with E-state index in [1.165, 1.54) is 11.1 Å². The Morgan fingerprint density at radius 1 is 1.00 bits per heavy atom. The predicted molar refractivity (Wildman–Crippen MR) is 79.0 cm³/mol. The third-order valence-electron chi connectivity index (χ3n) is 3.34. The summed E-state index contributed by atoms with van der Waals surface area (Å²) in [6.45, 7) is 6.06. The van der Waals surface area contributed by atoms with E-state index in [1.54, 1.807) is 6.07 Å². The second-order valence-corrected chi connectivity index (χ2v) is 5.00. The highest BCUT2D eigenvalue weighted by atomic mass is 19.1. The van der Waals surface area contributed by atoms with E-state index in [4.69, 9.17) is 0 Å². The molecule has 1 nitrogen and oxygen atoms in total. The van der Waals surface area contributed by atoms with Gasteiger partial charge in [0, 0.05) is 0 Å². The summed E-state index contributed by atoms with van der Waals surface area (Å²) in [6, 6.07) is 13.8. The summed E-state index contributed by atoms with van der Waals surface area (Å²) in [6.07, 6.45) is 0.913. The van der Waals surface area contributed by atoms with Gasteiger partial charge in [0.1, 0.15) is 5.82 Å². The first-order valence-electron chi connectivity index (χ1n) is 6.69. The van der Waals surface area contributed by atoms with Gasteiger partial charge in [-0.25, -0.2) is 4.39 Å². The molecule has 2 aromatic rings. The van der Waals surface area contributed by atoms with Crippen LogP contribution in [0.25, 0.3) is 0 Å². The van der Waals surface area contributed by atoms with Crippen molar-refractivity contribution in [3.05, 3.63) is 65.0 Å². The van der Waals surface area contributed by atoms with Gasteiger partial charge in [-0.15, -0.1) is 0 Å². The first-order valence-corrected chi connectivity index (χ1v) is 6.69. The Hall–Kier alpha value is -1.83. The van der Waals surface area contributed by atoms with Gasteiger partial charge in [0.15, 0.2) is 0 Å². The van der Waals surface area contributed by atoms with Crippen molar-refractivity contribution >= 4 is 5.69 Å². The molecule has 0 bridgehead atoms. The highest BCUT2D eigenvalue weighted by Gasteiger charge is 2.11. The first-order chi connectivity index (χ1) is 9.10. The van der Waals surface area contributed by atoms with E-state index >= 15 is 0 Å². The van der Waals surface area contributed by atoms with E-state index in [0.29, 0.717) is 5.69 Å². The minimum atomic E-state index is -0.189. The van der Waals surface area contributed by atoms with E-state index in [9.17, 15) is 4.39 Å². The van der Waals surface area contributed by atoms with Crippen LogP contribution in [0.4, 0.5) is 10.1 Å². The molecule has 100 valence electrons. The summed E-state index contributed by atoms with van der Waals surface area (Å²) in [5, 5.41) is 3.28. The van der Waals surface area contributed by atoms with Gasteiger partial charge in [0.25, 0.3) is 0 Å². The van der Waals surface area contributed by atoms with Crippen molar-refractivity contribution in [3.8, 4) is 0 Å². The van der Waals surface area contributed by atoms with Crippen LogP contribution in [0.5, 0.6) is 0 Å². The SMILES string of the molecule is CCC(Nc1ccc(C)cc1F)c1ccc(C)cc1. The van der Waals surface area contributed by atoms with Gasteiger partial charge in [0.05, 0.1) is 11.7 Å². The maximum atomic E-state index is 13.9. The Kier molecular flexibility index (Phi) is 4.20. The quantitative estimate of drug-likeness (QED) is 0.812. The van der Waals surface area contributed by atoms with Gasteiger partial charge in [-0.3, -0.25) is 0 Å². The number of aryl methyl sites for hydroxylation is 2. The average Bonchev–Trinajstić information content (AvgIpc) is 2.39. The number of hydrogen-bond acceptors (Lipinski definition) is 1. The molecule has 0 aliphatic carbocycles. The van der Waals surface area contributed by atoms with Crippen molar-refractivity contribution in [1.82, 2.24) is 0 Å². The van der Waals surface area contributed by atoms with Crippen molar-refractivity contribution in [2.24, 2.45) is 0 Å². The molecule has 2 heteroatoms. The lowest BCUT2D eigenvalue weighted by atomic mass is 10.0. The normalized spacial score (nSPS) is 12.2. The fourth-order valence-corrected chi connectivity index (χ4v) is 2.14. The summed E-state index contributed by atoms with van der Waals surface area (Å²) in [4.78, 5) is 0. The fraction of sp³-hybridized carbons (Fsp3) is 0.294. The molecule has 0 fully saturated rings. The Bertz CT molecular complexity index is 546. The highest BCUT2D eigenvalue weighted by Crippen LogP contribution is 2.25. The lowest BCUT2D eigenvalue weighted by Crippen LogP contribution is -2.10. The Balaban J connectivity index is 2.21. The van der Waals surface area contributed by atoms with Gasteiger partial charge in [-0.2, -0.15) is 0 Å². The zero-order valence-corrected chi connectivity index (χ0v) is 11.7. The molecule has 0 aliphatic heterocycles. The van der Waals surface area contributed by atoms with Crippen LogP contribution in [-0.2, 0) is 0 Å². The number of halogens is 1. The molecule has 2 aromatic carbocycles. The number of benzene rings is 2. The summed E-state index contributed by atoms with van der Waals surface area (Å²) in [7, 11) is 0. The molecule has 1 unspecified atom stereocenters. The Labute approximate surface area is 114 Å². The highest BCUT2D eigenvalue weighted by molar-refractivity contribution is 5.48. The lowest BCUT2D eigenvalue weighted by Gasteiger charge is -2.19. The minimum absolute atomic E-state index is 0.137. The van der Waals surface area contributed by atoms with E-state index in [2.05, 4.69) is 43.4 Å². The van der Waals surface area contributed by atoms with Crippen molar-refractivity contribution in [3.63, 3.8) is 0 Å². The smallest absolute Gasteiger partial charge is 0.146 e. The number of anilines is 1. The van der Waals surface area contributed by atoms with Crippen molar-refractivity contribution < 1.29 is 4.39 Å². The number of hydrogen-bond donors (Lipinski definition) is 1. The van der Waals surface area contributed by atoms with Crippen molar-refractivity contribution in [1.29, 1.82) is 0 Å². The van der Waals surface area contributed by atoms with Crippen LogP contribution in [0.1, 0.15) is 36.1 Å². The predicted octanol–water partition coefficient (Wildman–Crippen LogP) is 5.01. The van der Waals surface area contributed by atoms with Gasteiger partial charge >= 0.3 is 0 Å². The molecule has 0 spiro atoms. The van der Waals surface area contributed by atoms with Gasteiger partial charge in [-0.05, 0) is 43.5 Å².